The Balaban J connectivity index is 1.16. The number of carbonyl (C=O) groups excluding carboxylic acids is 5. The highest BCUT2D eigenvalue weighted by molar-refractivity contribution is 6.29. The molecule has 0 unspecified atom stereocenters. The van der Waals surface area contributed by atoms with Gasteiger partial charge in [0.25, 0.3) is 17.7 Å². The van der Waals surface area contributed by atoms with Crippen LogP contribution in [-0.2, 0) is 19.1 Å². The van der Waals surface area contributed by atoms with E-state index in [-0.39, 0.29) is 53.2 Å². The van der Waals surface area contributed by atoms with Crippen molar-refractivity contribution in [1.29, 1.82) is 0 Å². The normalized spacial score (nSPS) is 35.2. The van der Waals surface area contributed by atoms with E-state index in [2.05, 4.69) is 0 Å². The Kier molecular flexibility index (Phi) is 6.59. The third-order valence-electron chi connectivity index (χ3n) is 10.5. The summed E-state index contributed by atoms with van der Waals surface area (Å²) >= 11 is 0. The number of amides is 7. The van der Waals surface area contributed by atoms with Crippen molar-refractivity contribution in [2.45, 2.75) is 82.2 Å². The molecule has 7 amide bonds. The second-order valence-electron chi connectivity index (χ2n) is 13.0. The largest absolute Gasteiger partial charge is 0.385 e. The number of hydrogen-bond acceptors (Lipinski definition) is 8. The van der Waals surface area contributed by atoms with Crippen molar-refractivity contribution in [3.8, 4) is 0 Å². The van der Waals surface area contributed by atoms with Crippen molar-refractivity contribution in [3.63, 3.8) is 0 Å². The predicted octanol–water partition coefficient (Wildman–Crippen LogP) is 1.49. The number of hydrogen-bond donors (Lipinski definition) is 2. The van der Waals surface area contributed by atoms with Gasteiger partial charge in [-0.2, -0.15) is 0 Å². The lowest BCUT2D eigenvalue weighted by Gasteiger charge is -2.59. The fourth-order valence-corrected chi connectivity index (χ4v) is 8.31. The summed E-state index contributed by atoms with van der Waals surface area (Å²) < 4.78 is 5.51. The zero-order chi connectivity index (χ0) is 28.4. The molecule has 6 rings (SSSR count). The van der Waals surface area contributed by atoms with E-state index in [1.807, 2.05) is 0 Å². The molecule has 3 aliphatic heterocycles. The summed E-state index contributed by atoms with van der Waals surface area (Å²) in [6.07, 6.45) is 8.62. The lowest BCUT2D eigenvalue weighted by molar-refractivity contribution is -0.151. The molecule has 0 aromatic heterocycles. The minimum atomic E-state index is -0.813. The summed E-state index contributed by atoms with van der Waals surface area (Å²) in [4.78, 5) is 71.8. The molecule has 2 spiro atoms. The van der Waals surface area contributed by atoms with Crippen LogP contribution in [0.5, 0.6) is 0 Å². The maximum atomic E-state index is 13.6. The first kappa shape index (κ1) is 27.0. The average molecular weight is 557 g/mol. The predicted molar refractivity (Wildman–Crippen MR) is 142 cm³/mol. The Hall–Kier alpha value is -3.15. The van der Waals surface area contributed by atoms with Gasteiger partial charge in [0, 0.05) is 38.7 Å². The Morgan fingerprint density at radius 1 is 0.875 bits per heavy atom. The van der Waals surface area contributed by atoms with Crippen LogP contribution in [0.2, 0.25) is 0 Å². The Morgan fingerprint density at radius 3 is 2.15 bits per heavy atom. The summed E-state index contributed by atoms with van der Waals surface area (Å²) in [5.74, 6) is -1.47. The van der Waals surface area contributed by atoms with Crippen molar-refractivity contribution in [2.75, 3.05) is 33.4 Å². The first-order valence-corrected chi connectivity index (χ1v) is 14.7. The van der Waals surface area contributed by atoms with E-state index >= 15 is 0 Å². The highest BCUT2D eigenvalue weighted by atomic mass is 16.5. The van der Waals surface area contributed by atoms with Gasteiger partial charge in [-0.25, -0.2) is 9.59 Å². The third kappa shape index (κ3) is 4.09. The van der Waals surface area contributed by atoms with Gasteiger partial charge in [0.15, 0.2) is 0 Å². The molecule has 12 nitrogen and oxygen atoms in total. The van der Waals surface area contributed by atoms with Crippen LogP contribution in [0, 0.1) is 17.3 Å². The maximum Gasteiger partial charge on any atom is 0.334 e. The molecule has 3 heterocycles. The molecule has 12 heteroatoms. The highest BCUT2D eigenvalue weighted by Crippen LogP contribution is 2.61. The molecule has 0 aromatic rings. The minimum Gasteiger partial charge on any atom is -0.385 e. The number of ether oxygens (including phenoxy) is 1. The molecule has 1 atom stereocenters. The monoisotopic (exact) mass is 556 g/mol. The molecule has 3 saturated heterocycles. The Bertz CT molecular complexity index is 1150. The zero-order valence-corrected chi connectivity index (χ0v) is 23.2. The zero-order valence-electron chi connectivity index (χ0n) is 23.2. The molecule has 6 fully saturated rings. The van der Waals surface area contributed by atoms with Crippen LogP contribution in [0.25, 0.3) is 0 Å². The van der Waals surface area contributed by atoms with E-state index in [9.17, 15) is 24.0 Å². The van der Waals surface area contributed by atoms with Gasteiger partial charge >= 0.3 is 12.1 Å². The number of rotatable bonds is 5. The van der Waals surface area contributed by atoms with Crippen LogP contribution >= 0.6 is 0 Å². The molecular weight excluding hydrogens is 516 g/mol. The third-order valence-corrected chi connectivity index (χ3v) is 10.5. The van der Waals surface area contributed by atoms with Gasteiger partial charge in [-0.1, -0.05) is 12.8 Å². The molecule has 4 N–H and O–H groups in total. The van der Waals surface area contributed by atoms with Crippen LogP contribution < -0.4 is 11.5 Å². The van der Waals surface area contributed by atoms with E-state index in [4.69, 9.17) is 16.2 Å². The van der Waals surface area contributed by atoms with Crippen molar-refractivity contribution < 1.29 is 28.7 Å². The Morgan fingerprint density at radius 2 is 1.55 bits per heavy atom. The van der Waals surface area contributed by atoms with E-state index in [0.29, 0.717) is 45.4 Å². The molecule has 0 aromatic carbocycles. The molecular formula is C28H40N6O6. The van der Waals surface area contributed by atoms with Gasteiger partial charge in [-0.3, -0.25) is 29.1 Å². The molecule has 40 heavy (non-hydrogen) atoms. The second kappa shape index (κ2) is 9.74. The fourth-order valence-electron chi connectivity index (χ4n) is 8.31. The Labute approximate surface area is 234 Å². The van der Waals surface area contributed by atoms with Crippen molar-refractivity contribution in [1.82, 2.24) is 19.6 Å². The summed E-state index contributed by atoms with van der Waals surface area (Å²) in [7, 11) is 1.56. The topological polar surface area (TPSA) is 160 Å². The lowest BCUT2D eigenvalue weighted by atomic mass is 9.51. The fraction of sp³-hybridized carbons (Fsp3) is 0.750. The van der Waals surface area contributed by atoms with E-state index in [0.717, 1.165) is 44.9 Å². The van der Waals surface area contributed by atoms with Crippen LogP contribution in [0.4, 0.5) is 9.59 Å². The molecule has 3 aliphatic carbocycles. The maximum absolute atomic E-state index is 13.6. The minimum absolute atomic E-state index is 0.130. The lowest BCUT2D eigenvalue weighted by Crippen LogP contribution is -2.66. The standard InChI is InChI=1S/C28H40N6O6/c1-31-24(37)28(33(25(31)38)13-18-8-11-40-14-18)15-27(16-28)9-6-19(7-10-27)34-23(36)20(21(29)30)22(35)32(26(34)39)12-17-4-2-3-5-17/h17-19H,2-16,29-30H2,1H3/t18-,19?,27?,28?/m0/s1. The molecule has 218 valence electrons. The van der Waals surface area contributed by atoms with Gasteiger partial charge < -0.3 is 21.1 Å². The first-order chi connectivity index (χ1) is 19.1. The highest BCUT2D eigenvalue weighted by Gasteiger charge is 2.68. The van der Waals surface area contributed by atoms with Gasteiger partial charge in [0.1, 0.15) is 16.9 Å². The SMILES string of the molecule is CN1C(=O)N(C[C@@H]2CCOC2)C2(CC3(CCC(N4C(=O)C(=C(N)N)C(=O)N(CC5CCCC5)C4=O)CC3)C2)C1=O. The van der Waals surface area contributed by atoms with Crippen LogP contribution in [0.3, 0.4) is 0 Å². The number of barbiturate groups is 1. The second-order valence-corrected chi connectivity index (χ2v) is 13.0. The van der Waals surface area contributed by atoms with Crippen LogP contribution in [0.15, 0.2) is 11.4 Å². The number of imide groups is 3. The summed E-state index contributed by atoms with van der Waals surface area (Å²) in [6, 6.07) is -1.21. The number of urea groups is 2. The molecule has 6 aliphatic rings. The van der Waals surface area contributed by atoms with Crippen molar-refractivity contribution in [2.24, 2.45) is 28.7 Å². The number of carbonyl (C=O) groups is 5. The smallest absolute Gasteiger partial charge is 0.334 e. The number of nitrogens with zero attached hydrogens (tertiary/aromatic N) is 4. The van der Waals surface area contributed by atoms with Crippen LogP contribution in [0.1, 0.15) is 70.6 Å². The molecule has 0 radical (unpaired) electrons. The number of likely N-dealkylation sites (N-methyl/N-ethyl adjacent to an activating group) is 1. The van der Waals surface area contributed by atoms with Crippen molar-refractivity contribution in [3.05, 3.63) is 11.4 Å². The van der Waals surface area contributed by atoms with Gasteiger partial charge in [0.2, 0.25) is 0 Å². The average Bonchev–Trinajstić information content (AvgIpc) is 3.64. The van der Waals surface area contributed by atoms with E-state index in [1.54, 1.807) is 11.9 Å². The first-order valence-electron chi connectivity index (χ1n) is 14.7. The van der Waals surface area contributed by atoms with E-state index < -0.39 is 23.4 Å². The van der Waals surface area contributed by atoms with Crippen LogP contribution in [-0.4, -0.2) is 94.3 Å². The van der Waals surface area contributed by atoms with E-state index in [1.165, 1.54) is 14.7 Å². The molecule has 0 bridgehead atoms. The quantitative estimate of drug-likeness (QED) is 0.293. The van der Waals surface area contributed by atoms with Crippen molar-refractivity contribution >= 4 is 29.8 Å². The summed E-state index contributed by atoms with van der Waals surface area (Å²) in [5.41, 5.74) is 10.3. The summed E-state index contributed by atoms with van der Waals surface area (Å²) in [6.45, 7) is 2.07. The van der Waals surface area contributed by atoms with Gasteiger partial charge in [-0.15, -0.1) is 0 Å². The number of nitrogens with two attached hydrogens (primary N) is 2. The van der Waals surface area contributed by atoms with Gasteiger partial charge in [0.05, 0.1) is 6.61 Å². The molecule has 3 saturated carbocycles. The van der Waals surface area contributed by atoms with Gasteiger partial charge in [-0.05, 0) is 69.1 Å². The summed E-state index contributed by atoms with van der Waals surface area (Å²) in [5, 5.41) is 0.